The van der Waals surface area contributed by atoms with Crippen LogP contribution < -0.4 is 10.1 Å². The van der Waals surface area contributed by atoms with Crippen LogP contribution in [0.2, 0.25) is 0 Å². The molecule has 2 aromatic rings. The number of carbonyl (C=O) groups is 2. The molecule has 0 atom stereocenters. The van der Waals surface area contributed by atoms with Gasteiger partial charge in [0.05, 0.1) is 31.2 Å². The summed E-state index contributed by atoms with van der Waals surface area (Å²) in [6, 6.07) is 5.69. The summed E-state index contributed by atoms with van der Waals surface area (Å²) < 4.78 is 10.8. The number of hydrogen-bond acceptors (Lipinski definition) is 6. The minimum Gasteiger partial charge on any atom is -0.495 e. The number of ketones is 1. The Hall–Kier alpha value is -2.08. The third kappa shape index (κ3) is 3.33. The lowest BCUT2D eigenvalue weighted by Gasteiger charge is -2.07. The van der Waals surface area contributed by atoms with Crippen molar-refractivity contribution in [1.29, 1.82) is 0 Å². The van der Waals surface area contributed by atoms with E-state index in [1.165, 1.54) is 18.4 Å². The number of rotatable bonds is 6. The number of Topliss-reactive ketones (excluding diaryl/α,β-unsaturated/α-hetero) is 1. The van der Waals surface area contributed by atoms with Crippen molar-refractivity contribution in [3.05, 3.63) is 23.1 Å². The molecule has 0 aliphatic heterocycles. The molecule has 1 N–H and O–H groups in total. The standard InChI is InChI=1S/C15H17NO4S/c1-16-10-8-13-9(6-12(10)19-2)7-14(21-13)11(17)4-5-15(18)20-3/h6-8,16H,4-5H2,1-3H3. The average Bonchev–Trinajstić information content (AvgIpc) is 2.93. The normalized spacial score (nSPS) is 10.4. The number of thiophene rings is 1. The molecular formula is C15H17NO4S. The Kier molecular flexibility index (Phi) is 4.80. The molecule has 0 fully saturated rings. The number of carbonyl (C=O) groups excluding carboxylic acids is 2. The molecule has 2 rings (SSSR count). The van der Waals surface area contributed by atoms with Gasteiger partial charge in [-0.1, -0.05) is 0 Å². The first kappa shape index (κ1) is 15.3. The summed E-state index contributed by atoms with van der Waals surface area (Å²) in [4.78, 5) is 23.8. The minimum absolute atomic E-state index is 0.0495. The van der Waals surface area contributed by atoms with E-state index >= 15 is 0 Å². The molecule has 0 saturated heterocycles. The van der Waals surface area contributed by atoms with Gasteiger partial charge in [0, 0.05) is 18.2 Å². The number of esters is 1. The summed E-state index contributed by atoms with van der Waals surface area (Å²) in [5.41, 5.74) is 0.875. The first-order valence-corrected chi connectivity index (χ1v) is 7.30. The molecular weight excluding hydrogens is 290 g/mol. The van der Waals surface area contributed by atoms with Gasteiger partial charge in [0.15, 0.2) is 5.78 Å². The van der Waals surface area contributed by atoms with E-state index in [2.05, 4.69) is 10.1 Å². The van der Waals surface area contributed by atoms with Crippen LogP contribution in [0.5, 0.6) is 5.75 Å². The molecule has 0 amide bonds. The van der Waals surface area contributed by atoms with Crippen LogP contribution in [0.25, 0.3) is 10.1 Å². The Morgan fingerprint density at radius 2 is 1.95 bits per heavy atom. The fourth-order valence-corrected chi connectivity index (χ4v) is 3.06. The van der Waals surface area contributed by atoms with E-state index < -0.39 is 0 Å². The van der Waals surface area contributed by atoms with Crippen molar-refractivity contribution in [2.24, 2.45) is 0 Å². The third-order valence-electron chi connectivity index (χ3n) is 3.17. The number of hydrogen-bond donors (Lipinski definition) is 1. The first-order chi connectivity index (χ1) is 10.1. The van der Waals surface area contributed by atoms with Gasteiger partial charge in [-0.15, -0.1) is 11.3 Å². The van der Waals surface area contributed by atoms with Gasteiger partial charge < -0.3 is 14.8 Å². The predicted octanol–water partition coefficient (Wildman–Crippen LogP) is 3.09. The van der Waals surface area contributed by atoms with Crippen molar-refractivity contribution < 1.29 is 19.1 Å². The summed E-state index contributed by atoms with van der Waals surface area (Å²) >= 11 is 1.42. The van der Waals surface area contributed by atoms with E-state index in [1.807, 2.05) is 25.2 Å². The van der Waals surface area contributed by atoms with Gasteiger partial charge in [0.1, 0.15) is 5.75 Å². The van der Waals surface area contributed by atoms with Gasteiger partial charge in [-0.3, -0.25) is 9.59 Å². The first-order valence-electron chi connectivity index (χ1n) is 6.48. The second-order valence-electron chi connectivity index (χ2n) is 4.45. The lowest BCUT2D eigenvalue weighted by molar-refractivity contribution is -0.140. The molecule has 0 aliphatic carbocycles. The molecule has 1 heterocycles. The van der Waals surface area contributed by atoms with Gasteiger partial charge in [0.25, 0.3) is 0 Å². The Labute approximate surface area is 126 Å². The second-order valence-corrected chi connectivity index (χ2v) is 5.53. The lowest BCUT2D eigenvalue weighted by Crippen LogP contribution is -2.04. The van der Waals surface area contributed by atoms with Crippen molar-refractivity contribution in [3.8, 4) is 5.75 Å². The number of ether oxygens (including phenoxy) is 2. The lowest BCUT2D eigenvalue weighted by atomic mass is 10.1. The molecule has 0 bridgehead atoms. The predicted molar refractivity (Wildman–Crippen MR) is 83.5 cm³/mol. The van der Waals surface area contributed by atoms with E-state index in [0.717, 1.165) is 21.5 Å². The van der Waals surface area contributed by atoms with E-state index in [-0.39, 0.29) is 24.6 Å². The highest BCUT2D eigenvalue weighted by Crippen LogP contribution is 2.35. The highest BCUT2D eigenvalue weighted by Gasteiger charge is 2.14. The Morgan fingerprint density at radius 1 is 1.19 bits per heavy atom. The molecule has 112 valence electrons. The van der Waals surface area contributed by atoms with Gasteiger partial charge in [-0.05, 0) is 23.6 Å². The molecule has 1 aromatic heterocycles. The van der Waals surface area contributed by atoms with Crippen LogP contribution >= 0.6 is 11.3 Å². The zero-order valence-electron chi connectivity index (χ0n) is 12.2. The van der Waals surface area contributed by atoms with Crippen molar-refractivity contribution in [1.82, 2.24) is 0 Å². The quantitative estimate of drug-likeness (QED) is 0.656. The van der Waals surface area contributed by atoms with Crippen LogP contribution in [0.4, 0.5) is 5.69 Å². The third-order valence-corrected chi connectivity index (χ3v) is 4.31. The largest absolute Gasteiger partial charge is 0.495 e. The van der Waals surface area contributed by atoms with Crippen molar-refractivity contribution in [2.75, 3.05) is 26.6 Å². The Balaban J connectivity index is 2.26. The molecule has 0 aliphatic rings. The molecule has 0 saturated carbocycles. The van der Waals surface area contributed by atoms with Crippen LogP contribution in [0.15, 0.2) is 18.2 Å². The number of methoxy groups -OCH3 is 2. The van der Waals surface area contributed by atoms with E-state index in [0.29, 0.717) is 4.88 Å². The van der Waals surface area contributed by atoms with Crippen molar-refractivity contribution >= 4 is 38.9 Å². The fourth-order valence-electron chi connectivity index (χ4n) is 2.01. The van der Waals surface area contributed by atoms with Crippen LogP contribution in [-0.4, -0.2) is 33.0 Å². The number of nitrogens with one attached hydrogen (secondary N) is 1. The van der Waals surface area contributed by atoms with E-state index in [9.17, 15) is 9.59 Å². The maximum atomic E-state index is 12.1. The molecule has 6 heteroatoms. The molecule has 1 aromatic carbocycles. The van der Waals surface area contributed by atoms with Crippen molar-refractivity contribution in [2.45, 2.75) is 12.8 Å². The van der Waals surface area contributed by atoms with Crippen LogP contribution in [0.3, 0.4) is 0 Å². The Morgan fingerprint density at radius 3 is 2.57 bits per heavy atom. The molecule has 0 spiro atoms. The summed E-state index contributed by atoms with van der Waals surface area (Å²) in [5.74, 6) is 0.312. The Bertz CT molecular complexity index is 637. The van der Waals surface area contributed by atoms with Crippen LogP contribution in [-0.2, 0) is 9.53 Å². The number of benzene rings is 1. The second kappa shape index (κ2) is 6.58. The summed E-state index contributed by atoms with van der Waals surface area (Å²) in [6.07, 6.45) is 0.268. The summed E-state index contributed by atoms with van der Waals surface area (Å²) in [6.45, 7) is 0. The maximum absolute atomic E-state index is 12.1. The molecule has 5 nitrogen and oxygen atoms in total. The van der Waals surface area contributed by atoms with Gasteiger partial charge >= 0.3 is 5.97 Å². The zero-order valence-corrected chi connectivity index (χ0v) is 13.0. The van der Waals surface area contributed by atoms with E-state index in [4.69, 9.17) is 4.74 Å². The fraction of sp³-hybridized carbons (Fsp3) is 0.333. The highest BCUT2D eigenvalue weighted by atomic mass is 32.1. The topological polar surface area (TPSA) is 64.6 Å². The summed E-state index contributed by atoms with van der Waals surface area (Å²) in [5, 5.41) is 4.02. The minimum atomic E-state index is -0.372. The smallest absolute Gasteiger partial charge is 0.305 e. The molecule has 0 radical (unpaired) electrons. The van der Waals surface area contributed by atoms with Gasteiger partial charge in [0.2, 0.25) is 0 Å². The summed E-state index contributed by atoms with van der Waals surface area (Å²) in [7, 11) is 4.74. The van der Waals surface area contributed by atoms with Crippen LogP contribution in [0, 0.1) is 0 Å². The average molecular weight is 307 g/mol. The number of fused-ring (bicyclic) bond motifs is 1. The molecule has 21 heavy (non-hydrogen) atoms. The number of anilines is 1. The van der Waals surface area contributed by atoms with Crippen molar-refractivity contribution in [3.63, 3.8) is 0 Å². The SMILES string of the molecule is CNc1cc2sc(C(=O)CCC(=O)OC)cc2cc1OC. The highest BCUT2D eigenvalue weighted by molar-refractivity contribution is 7.20. The monoisotopic (exact) mass is 307 g/mol. The van der Waals surface area contributed by atoms with Gasteiger partial charge in [-0.25, -0.2) is 0 Å². The van der Waals surface area contributed by atoms with Gasteiger partial charge in [-0.2, -0.15) is 0 Å². The zero-order chi connectivity index (χ0) is 15.4. The molecule has 0 unspecified atom stereocenters. The van der Waals surface area contributed by atoms with E-state index in [1.54, 1.807) is 7.11 Å². The van der Waals surface area contributed by atoms with Crippen LogP contribution in [0.1, 0.15) is 22.5 Å². The maximum Gasteiger partial charge on any atom is 0.305 e.